The fourth-order valence-corrected chi connectivity index (χ4v) is 1.82. The Morgan fingerprint density at radius 1 is 1.25 bits per heavy atom. The summed E-state index contributed by atoms with van der Waals surface area (Å²) >= 11 is 0. The van der Waals surface area contributed by atoms with Gasteiger partial charge in [-0.2, -0.15) is 0 Å². The summed E-state index contributed by atoms with van der Waals surface area (Å²) in [6.07, 6.45) is 0.917. The van der Waals surface area contributed by atoms with E-state index in [1.807, 2.05) is 31.2 Å². The zero-order chi connectivity index (χ0) is 14.5. The van der Waals surface area contributed by atoms with E-state index in [1.165, 1.54) is 6.07 Å². The first-order valence-corrected chi connectivity index (χ1v) is 6.66. The highest BCUT2D eigenvalue weighted by Gasteiger charge is 2.07. The number of aryl methyl sites for hydroxylation is 1. The van der Waals surface area contributed by atoms with Gasteiger partial charge in [0.15, 0.2) is 0 Å². The Morgan fingerprint density at radius 3 is 2.75 bits per heavy atom. The molecule has 2 rings (SSSR count). The van der Waals surface area contributed by atoms with Crippen LogP contribution in [0.5, 0.6) is 5.75 Å². The van der Waals surface area contributed by atoms with Crippen LogP contribution in [-0.4, -0.2) is 6.61 Å². The second-order valence-corrected chi connectivity index (χ2v) is 4.65. The third kappa shape index (κ3) is 3.20. The van der Waals surface area contributed by atoms with Gasteiger partial charge in [0.1, 0.15) is 11.6 Å². The molecule has 0 aliphatic heterocycles. The van der Waals surface area contributed by atoms with Gasteiger partial charge in [-0.25, -0.2) is 4.39 Å². The number of hydrogen-bond acceptors (Lipinski definition) is 3. The van der Waals surface area contributed by atoms with Crippen molar-refractivity contribution in [1.82, 2.24) is 0 Å². The molecule has 106 valence electrons. The lowest BCUT2D eigenvalue weighted by molar-refractivity contribution is 0.319. The Morgan fingerprint density at radius 2 is 2.05 bits per heavy atom. The summed E-state index contributed by atoms with van der Waals surface area (Å²) in [5.74, 6) is 0.399. The molecule has 0 amide bonds. The lowest BCUT2D eigenvalue weighted by Crippen LogP contribution is -2.02. The van der Waals surface area contributed by atoms with Gasteiger partial charge in [0.25, 0.3) is 0 Å². The first-order chi connectivity index (χ1) is 9.61. The van der Waals surface area contributed by atoms with Gasteiger partial charge in [-0.05, 0) is 43.2 Å². The van der Waals surface area contributed by atoms with E-state index in [2.05, 4.69) is 5.32 Å². The minimum absolute atomic E-state index is 0.244. The number of rotatable bonds is 5. The van der Waals surface area contributed by atoms with Crippen molar-refractivity contribution in [3.05, 3.63) is 47.8 Å². The third-order valence-electron chi connectivity index (χ3n) is 2.98. The van der Waals surface area contributed by atoms with Crippen LogP contribution in [0.25, 0.3) is 0 Å². The van der Waals surface area contributed by atoms with Crippen molar-refractivity contribution in [3.63, 3.8) is 0 Å². The zero-order valence-corrected chi connectivity index (χ0v) is 11.7. The van der Waals surface area contributed by atoms with E-state index < -0.39 is 0 Å². The molecule has 0 aliphatic rings. The molecule has 0 spiro atoms. The van der Waals surface area contributed by atoms with E-state index in [0.717, 1.165) is 6.42 Å². The minimum atomic E-state index is -0.244. The molecule has 4 heteroatoms. The van der Waals surface area contributed by atoms with E-state index in [1.54, 1.807) is 13.0 Å². The first kappa shape index (κ1) is 14.2. The fourth-order valence-electron chi connectivity index (χ4n) is 1.82. The Bertz CT molecular complexity index is 599. The predicted octanol–water partition coefficient (Wildman–Crippen LogP) is 4.25. The topological polar surface area (TPSA) is 47.3 Å². The van der Waals surface area contributed by atoms with Crippen LogP contribution in [0.2, 0.25) is 0 Å². The molecule has 0 unspecified atom stereocenters. The molecular weight excluding hydrogens is 255 g/mol. The molecule has 3 N–H and O–H groups in total. The molecule has 0 heterocycles. The lowest BCUT2D eigenvalue weighted by Gasteiger charge is -2.14. The summed E-state index contributed by atoms with van der Waals surface area (Å²) in [6.45, 7) is 4.38. The largest absolute Gasteiger partial charge is 0.491 e. The monoisotopic (exact) mass is 274 g/mol. The Hall–Kier alpha value is -2.23. The van der Waals surface area contributed by atoms with Crippen molar-refractivity contribution in [2.75, 3.05) is 17.7 Å². The van der Waals surface area contributed by atoms with E-state index in [9.17, 15) is 4.39 Å². The lowest BCUT2D eigenvalue weighted by atomic mass is 10.2. The maximum atomic E-state index is 13.5. The summed E-state index contributed by atoms with van der Waals surface area (Å²) in [6, 6.07) is 10.5. The van der Waals surface area contributed by atoms with Gasteiger partial charge in [-0.15, -0.1) is 0 Å². The van der Waals surface area contributed by atoms with Gasteiger partial charge in [0, 0.05) is 5.69 Å². The fraction of sp³-hybridized carbons (Fsp3) is 0.250. The van der Waals surface area contributed by atoms with Crippen LogP contribution in [0.15, 0.2) is 36.4 Å². The maximum Gasteiger partial charge on any atom is 0.144 e. The van der Waals surface area contributed by atoms with Crippen molar-refractivity contribution in [2.45, 2.75) is 20.3 Å². The molecule has 0 aliphatic carbocycles. The van der Waals surface area contributed by atoms with Crippen LogP contribution in [0, 0.1) is 12.7 Å². The number of para-hydroxylation sites is 1. The number of nitrogens with one attached hydrogen (secondary N) is 1. The average Bonchev–Trinajstić information content (AvgIpc) is 2.44. The number of ether oxygens (including phenoxy) is 1. The van der Waals surface area contributed by atoms with Crippen LogP contribution in [0.4, 0.5) is 21.5 Å². The highest BCUT2D eigenvalue weighted by atomic mass is 19.1. The van der Waals surface area contributed by atoms with E-state index in [0.29, 0.717) is 35.0 Å². The molecule has 0 atom stereocenters. The van der Waals surface area contributed by atoms with Crippen LogP contribution in [0.1, 0.15) is 18.9 Å². The standard InChI is InChI=1S/C16H19FN2O/c1-3-9-20-15-6-4-5-14(16(15)18)19-12-8-7-11(2)13(17)10-12/h4-8,10,19H,3,9,18H2,1-2H3. The molecule has 0 radical (unpaired) electrons. The molecule has 20 heavy (non-hydrogen) atoms. The van der Waals surface area contributed by atoms with Crippen LogP contribution >= 0.6 is 0 Å². The van der Waals surface area contributed by atoms with Gasteiger partial charge >= 0.3 is 0 Å². The van der Waals surface area contributed by atoms with Gasteiger partial charge in [-0.1, -0.05) is 19.1 Å². The SMILES string of the molecule is CCCOc1cccc(Nc2ccc(C)c(F)c2)c1N. The van der Waals surface area contributed by atoms with Gasteiger partial charge in [-0.3, -0.25) is 0 Å². The number of halogens is 1. The van der Waals surface area contributed by atoms with Crippen molar-refractivity contribution in [1.29, 1.82) is 0 Å². The molecular formula is C16H19FN2O. The van der Waals surface area contributed by atoms with Crippen LogP contribution in [-0.2, 0) is 0 Å². The van der Waals surface area contributed by atoms with Crippen LogP contribution < -0.4 is 15.8 Å². The molecule has 2 aromatic carbocycles. The number of nitrogen functional groups attached to an aromatic ring is 1. The summed E-state index contributed by atoms with van der Waals surface area (Å²) in [5.41, 5.74) is 8.57. The van der Waals surface area contributed by atoms with E-state index in [-0.39, 0.29) is 5.82 Å². The molecule has 0 aromatic heterocycles. The molecule has 0 bridgehead atoms. The highest BCUT2D eigenvalue weighted by Crippen LogP contribution is 2.32. The summed E-state index contributed by atoms with van der Waals surface area (Å²) in [7, 11) is 0. The summed E-state index contributed by atoms with van der Waals surface area (Å²) in [5, 5.41) is 3.11. The molecule has 0 saturated carbocycles. The van der Waals surface area contributed by atoms with E-state index >= 15 is 0 Å². The smallest absolute Gasteiger partial charge is 0.144 e. The molecule has 3 nitrogen and oxygen atoms in total. The molecule has 0 fully saturated rings. The predicted molar refractivity (Wildman–Crippen MR) is 81.1 cm³/mol. The van der Waals surface area contributed by atoms with Crippen molar-refractivity contribution >= 4 is 17.1 Å². The van der Waals surface area contributed by atoms with Crippen molar-refractivity contribution in [2.24, 2.45) is 0 Å². The third-order valence-corrected chi connectivity index (χ3v) is 2.98. The van der Waals surface area contributed by atoms with E-state index in [4.69, 9.17) is 10.5 Å². The summed E-state index contributed by atoms with van der Waals surface area (Å²) in [4.78, 5) is 0. The maximum absolute atomic E-state index is 13.5. The first-order valence-electron chi connectivity index (χ1n) is 6.66. The highest BCUT2D eigenvalue weighted by molar-refractivity contribution is 5.77. The number of nitrogens with two attached hydrogens (primary N) is 1. The number of benzene rings is 2. The van der Waals surface area contributed by atoms with Crippen LogP contribution in [0.3, 0.4) is 0 Å². The Labute approximate surface area is 118 Å². The second kappa shape index (κ2) is 6.28. The van der Waals surface area contributed by atoms with Gasteiger partial charge < -0.3 is 15.8 Å². The Kier molecular flexibility index (Phi) is 4.45. The number of anilines is 3. The quantitative estimate of drug-likeness (QED) is 0.801. The van der Waals surface area contributed by atoms with Crippen molar-refractivity contribution < 1.29 is 9.13 Å². The Balaban J connectivity index is 2.22. The average molecular weight is 274 g/mol. The summed E-state index contributed by atoms with van der Waals surface area (Å²) < 4.78 is 19.1. The van der Waals surface area contributed by atoms with Gasteiger partial charge in [0.05, 0.1) is 18.0 Å². The molecule has 2 aromatic rings. The normalized spacial score (nSPS) is 10.3. The second-order valence-electron chi connectivity index (χ2n) is 4.65. The van der Waals surface area contributed by atoms with Gasteiger partial charge in [0.2, 0.25) is 0 Å². The number of hydrogen-bond donors (Lipinski definition) is 2. The molecule has 0 saturated heterocycles. The van der Waals surface area contributed by atoms with Crippen molar-refractivity contribution in [3.8, 4) is 5.75 Å². The minimum Gasteiger partial charge on any atom is -0.491 e. The zero-order valence-electron chi connectivity index (χ0n) is 11.7.